The molecule has 1 unspecified atom stereocenters. The number of hydrogen-bond donors (Lipinski definition) is 2. The molecule has 110 valence electrons. The third kappa shape index (κ3) is 5.26. The first-order valence-corrected chi connectivity index (χ1v) is 6.35. The molecule has 0 amide bonds. The highest BCUT2D eigenvalue weighted by molar-refractivity contribution is 5.70. The summed E-state index contributed by atoms with van der Waals surface area (Å²) in [6.45, 7) is 2.24. The highest BCUT2D eigenvalue weighted by Gasteiger charge is 2.17. The molecule has 0 aromatic heterocycles. The Kier molecular flexibility index (Phi) is 5.96. The Labute approximate surface area is 116 Å². The smallest absolute Gasteiger partial charge is 0.308 e. The Hall–Kier alpha value is -2.11. The van der Waals surface area contributed by atoms with Crippen LogP contribution >= 0.6 is 0 Å². The number of anilines is 1. The summed E-state index contributed by atoms with van der Waals surface area (Å²) >= 11 is 0. The molecule has 1 atom stereocenters. The van der Waals surface area contributed by atoms with Crippen LogP contribution in [0.5, 0.6) is 0 Å². The van der Waals surface area contributed by atoms with Crippen LogP contribution in [0.25, 0.3) is 0 Å². The number of carboxylic acid groups (broad SMARTS) is 2. The maximum atomic E-state index is 12.9. The second-order valence-electron chi connectivity index (χ2n) is 4.66. The summed E-state index contributed by atoms with van der Waals surface area (Å²) in [6.07, 6.45) is 0.415. The van der Waals surface area contributed by atoms with Crippen molar-refractivity contribution in [3.05, 3.63) is 30.1 Å². The van der Waals surface area contributed by atoms with E-state index in [1.807, 2.05) is 0 Å². The van der Waals surface area contributed by atoms with E-state index in [0.29, 0.717) is 18.7 Å². The molecule has 0 saturated carbocycles. The van der Waals surface area contributed by atoms with Gasteiger partial charge in [-0.05, 0) is 30.7 Å². The number of rotatable bonds is 8. The highest BCUT2D eigenvalue weighted by Crippen LogP contribution is 2.17. The minimum Gasteiger partial charge on any atom is -0.481 e. The summed E-state index contributed by atoms with van der Waals surface area (Å²) in [7, 11) is 0. The molecule has 1 aromatic rings. The molecule has 5 nitrogen and oxygen atoms in total. The lowest BCUT2D eigenvalue weighted by atomic mass is 10.1. The van der Waals surface area contributed by atoms with Crippen molar-refractivity contribution in [2.75, 3.05) is 18.0 Å². The van der Waals surface area contributed by atoms with Gasteiger partial charge in [0.25, 0.3) is 0 Å². The minimum absolute atomic E-state index is 0.0130. The predicted octanol–water partition coefficient (Wildman–Crippen LogP) is 2.22. The average Bonchev–Trinajstić information content (AvgIpc) is 2.37. The van der Waals surface area contributed by atoms with Gasteiger partial charge in [-0.3, -0.25) is 9.59 Å². The van der Waals surface area contributed by atoms with E-state index in [4.69, 9.17) is 10.2 Å². The topological polar surface area (TPSA) is 77.8 Å². The van der Waals surface area contributed by atoms with Crippen molar-refractivity contribution >= 4 is 17.6 Å². The molecule has 20 heavy (non-hydrogen) atoms. The van der Waals surface area contributed by atoms with Gasteiger partial charge in [-0.15, -0.1) is 0 Å². The lowest BCUT2D eigenvalue weighted by molar-refractivity contribution is -0.141. The third-order valence-electron chi connectivity index (χ3n) is 2.93. The second kappa shape index (κ2) is 7.47. The number of aliphatic carboxylic acids is 2. The molecule has 0 bridgehead atoms. The van der Waals surface area contributed by atoms with Gasteiger partial charge < -0.3 is 15.1 Å². The minimum atomic E-state index is -0.921. The first-order valence-electron chi connectivity index (χ1n) is 6.35. The van der Waals surface area contributed by atoms with Crippen LogP contribution in [-0.4, -0.2) is 35.2 Å². The standard InChI is InChI=1S/C14H18FNO4/c1-10(14(19)20)9-16(8-2-3-13(17)18)12-6-4-11(15)5-7-12/h4-7,10H,2-3,8-9H2,1H3,(H,17,18)(H,19,20). The molecule has 6 heteroatoms. The number of hydrogen-bond acceptors (Lipinski definition) is 3. The van der Waals surface area contributed by atoms with Crippen LogP contribution in [-0.2, 0) is 9.59 Å². The summed E-state index contributed by atoms with van der Waals surface area (Å²) < 4.78 is 12.9. The lowest BCUT2D eigenvalue weighted by Crippen LogP contribution is -2.33. The van der Waals surface area contributed by atoms with Crippen LogP contribution in [0.2, 0.25) is 0 Å². The van der Waals surface area contributed by atoms with Gasteiger partial charge in [0.2, 0.25) is 0 Å². The zero-order valence-corrected chi connectivity index (χ0v) is 11.3. The van der Waals surface area contributed by atoms with Crippen molar-refractivity contribution in [2.24, 2.45) is 5.92 Å². The molecule has 2 N–H and O–H groups in total. The van der Waals surface area contributed by atoms with Crippen molar-refractivity contribution in [3.63, 3.8) is 0 Å². The van der Waals surface area contributed by atoms with E-state index in [9.17, 15) is 14.0 Å². The highest BCUT2D eigenvalue weighted by atomic mass is 19.1. The normalized spacial score (nSPS) is 11.9. The fourth-order valence-corrected chi connectivity index (χ4v) is 1.81. The Morgan fingerprint density at radius 1 is 1.25 bits per heavy atom. The molecular formula is C14H18FNO4. The summed E-state index contributed by atoms with van der Waals surface area (Å²) in [5.41, 5.74) is 0.685. The molecule has 1 rings (SSSR count). The predicted molar refractivity (Wildman–Crippen MR) is 72.3 cm³/mol. The number of carboxylic acids is 2. The summed E-state index contributed by atoms with van der Waals surface area (Å²) in [6, 6.07) is 5.71. The number of carbonyl (C=O) groups is 2. The molecule has 0 fully saturated rings. The monoisotopic (exact) mass is 283 g/mol. The molecule has 0 aliphatic carbocycles. The van der Waals surface area contributed by atoms with E-state index in [0.717, 1.165) is 0 Å². The summed E-state index contributed by atoms with van der Waals surface area (Å²) in [5, 5.41) is 17.6. The Balaban J connectivity index is 2.74. The van der Waals surface area contributed by atoms with Gasteiger partial charge in [-0.1, -0.05) is 6.92 Å². The largest absolute Gasteiger partial charge is 0.481 e. The third-order valence-corrected chi connectivity index (χ3v) is 2.93. The fourth-order valence-electron chi connectivity index (χ4n) is 1.81. The molecule has 0 radical (unpaired) electrons. The quantitative estimate of drug-likeness (QED) is 0.765. The number of halogens is 1. The van der Waals surface area contributed by atoms with Crippen LogP contribution in [0, 0.1) is 11.7 Å². The van der Waals surface area contributed by atoms with E-state index in [1.165, 1.54) is 12.1 Å². The van der Waals surface area contributed by atoms with E-state index in [2.05, 4.69) is 0 Å². The molecule has 0 heterocycles. The molecule has 1 aromatic carbocycles. The summed E-state index contributed by atoms with van der Waals surface area (Å²) in [4.78, 5) is 23.2. The maximum absolute atomic E-state index is 12.9. The molecular weight excluding hydrogens is 265 g/mol. The Morgan fingerprint density at radius 2 is 1.85 bits per heavy atom. The Morgan fingerprint density at radius 3 is 2.35 bits per heavy atom. The van der Waals surface area contributed by atoms with Crippen LogP contribution in [0.1, 0.15) is 19.8 Å². The van der Waals surface area contributed by atoms with Crippen molar-refractivity contribution in [1.82, 2.24) is 0 Å². The average molecular weight is 283 g/mol. The van der Waals surface area contributed by atoms with E-state index in [-0.39, 0.29) is 18.8 Å². The molecule has 0 aliphatic rings. The van der Waals surface area contributed by atoms with Crippen molar-refractivity contribution in [2.45, 2.75) is 19.8 Å². The fraction of sp³-hybridized carbons (Fsp3) is 0.429. The number of benzene rings is 1. The second-order valence-corrected chi connectivity index (χ2v) is 4.66. The van der Waals surface area contributed by atoms with Crippen LogP contribution in [0.3, 0.4) is 0 Å². The van der Waals surface area contributed by atoms with Gasteiger partial charge in [0.1, 0.15) is 5.82 Å². The zero-order chi connectivity index (χ0) is 15.1. The van der Waals surface area contributed by atoms with Crippen LogP contribution < -0.4 is 4.90 Å². The van der Waals surface area contributed by atoms with Gasteiger partial charge in [0.05, 0.1) is 5.92 Å². The maximum Gasteiger partial charge on any atom is 0.308 e. The molecule has 0 saturated heterocycles. The lowest BCUT2D eigenvalue weighted by Gasteiger charge is -2.26. The number of nitrogens with zero attached hydrogens (tertiary/aromatic N) is 1. The van der Waals surface area contributed by atoms with E-state index >= 15 is 0 Å². The van der Waals surface area contributed by atoms with Gasteiger partial charge in [-0.25, -0.2) is 4.39 Å². The van der Waals surface area contributed by atoms with Gasteiger partial charge in [0.15, 0.2) is 0 Å². The van der Waals surface area contributed by atoms with E-state index in [1.54, 1.807) is 24.0 Å². The SMILES string of the molecule is CC(CN(CCCC(=O)O)c1ccc(F)cc1)C(=O)O. The van der Waals surface area contributed by atoms with Crippen molar-refractivity contribution < 1.29 is 24.2 Å². The summed E-state index contributed by atoms with van der Waals surface area (Å²) in [5.74, 6) is -2.78. The first kappa shape index (κ1) is 15.9. The zero-order valence-electron chi connectivity index (χ0n) is 11.3. The van der Waals surface area contributed by atoms with Crippen LogP contribution in [0.4, 0.5) is 10.1 Å². The first-order chi connectivity index (χ1) is 9.40. The van der Waals surface area contributed by atoms with Crippen molar-refractivity contribution in [1.29, 1.82) is 0 Å². The van der Waals surface area contributed by atoms with Gasteiger partial charge in [-0.2, -0.15) is 0 Å². The van der Waals surface area contributed by atoms with E-state index < -0.39 is 17.9 Å². The van der Waals surface area contributed by atoms with Crippen LogP contribution in [0.15, 0.2) is 24.3 Å². The van der Waals surface area contributed by atoms with Crippen molar-refractivity contribution in [3.8, 4) is 0 Å². The van der Waals surface area contributed by atoms with Gasteiger partial charge in [0, 0.05) is 25.2 Å². The van der Waals surface area contributed by atoms with Gasteiger partial charge >= 0.3 is 11.9 Å². The molecule has 0 spiro atoms. The molecule has 0 aliphatic heterocycles. The Bertz CT molecular complexity index is 461.